The zero-order valence-corrected chi connectivity index (χ0v) is 12.2. The summed E-state index contributed by atoms with van der Waals surface area (Å²) in [5.41, 5.74) is 3.62. The van der Waals surface area contributed by atoms with Gasteiger partial charge in [-0.05, 0) is 43.7 Å². The van der Waals surface area contributed by atoms with E-state index in [0.29, 0.717) is 5.56 Å². The molecule has 0 saturated carbocycles. The normalized spacial score (nSPS) is 10.2. The van der Waals surface area contributed by atoms with Gasteiger partial charge in [0.15, 0.2) is 0 Å². The summed E-state index contributed by atoms with van der Waals surface area (Å²) in [6.07, 6.45) is 0. The maximum Gasteiger partial charge on any atom is 0.260 e. The molecule has 2 aromatic rings. The predicted octanol–water partition coefficient (Wildman–Crippen LogP) is 3.70. The van der Waals surface area contributed by atoms with E-state index in [-0.39, 0.29) is 5.91 Å². The van der Waals surface area contributed by atoms with Crippen molar-refractivity contribution in [3.63, 3.8) is 0 Å². The number of aryl methyl sites for hydroxylation is 1. The van der Waals surface area contributed by atoms with Crippen LogP contribution in [0.1, 0.15) is 22.8 Å². The molecule has 0 heterocycles. The second-order valence-corrected chi connectivity index (χ2v) is 4.78. The molecular weight excluding hydrogens is 248 g/mol. The van der Waals surface area contributed by atoms with Crippen LogP contribution in [0.25, 0.3) is 0 Å². The van der Waals surface area contributed by atoms with Crippen LogP contribution in [0.3, 0.4) is 0 Å². The SMILES string of the molecule is CCNc1cc(C)ccc1C(=O)N(C)c1ccccc1. The molecule has 0 unspecified atom stereocenters. The van der Waals surface area contributed by atoms with Crippen LogP contribution < -0.4 is 10.2 Å². The van der Waals surface area contributed by atoms with Gasteiger partial charge in [-0.25, -0.2) is 0 Å². The quantitative estimate of drug-likeness (QED) is 0.917. The molecular formula is C17H20N2O. The Bertz CT molecular complexity index is 593. The van der Waals surface area contributed by atoms with Crippen LogP contribution in [-0.2, 0) is 0 Å². The van der Waals surface area contributed by atoms with Crippen LogP contribution in [-0.4, -0.2) is 19.5 Å². The molecule has 0 aromatic heterocycles. The Hall–Kier alpha value is -2.29. The summed E-state index contributed by atoms with van der Waals surface area (Å²) < 4.78 is 0. The van der Waals surface area contributed by atoms with Gasteiger partial charge in [0.05, 0.1) is 5.56 Å². The molecule has 0 fully saturated rings. The zero-order valence-electron chi connectivity index (χ0n) is 12.2. The van der Waals surface area contributed by atoms with E-state index in [1.54, 1.807) is 11.9 Å². The second-order valence-electron chi connectivity index (χ2n) is 4.78. The predicted molar refractivity (Wildman–Crippen MR) is 84.5 cm³/mol. The van der Waals surface area contributed by atoms with Crippen LogP contribution in [0.2, 0.25) is 0 Å². The minimum atomic E-state index is -0.00727. The molecule has 0 spiro atoms. The first-order valence-electron chi connectivity index (χ1n) is 6.81. The standard InChI is InChI=1S/C17H20N2O/c1-4-18-16-12-13(2)10-11-15(16)17(20)19(3)14-8-6-5-7-9-14/h5-12,18H,4H2,1-3H3. The fraction of sp³-hybridized carbons (Fsp3) is 0.235. The summed E-state index contributed by atoms with van der Waals surface area (Å²) in [5.74, 6) is -0.00727. The topological polar surface area (TPSA) is 32.3 Å². The van der Waals surface area contributed by atoms with Gasteiger partial charge in [0.2, 0.25) is 0 Å². The summed E-state index contributed by atoms with van der Waals surface area (Å²) in [4.78, 5) is 14.3. The largest absolute Gasteiger partial charge is 0.385 e. The molecule has 0 aliphatic heterocycles. The van der Waals surface area contributed by atoms with E-state index in [1.165, 1.54) is 0 Å². The van der Waals surface area contributed by atoms with E-state index in [0.717, 1.165) is 23.5 Å². The van der Waals surface area contributed by atoms with E-state index in [1.807, 2.05) is 62.4 Å². The lowest BCUT2D eigenvalue weighted by molar-refractivity contribution is 0.0994. The molecule has 1 N–H and O–H groups in total. The Morgan fingerprint density at radius 2 is 1.85 bits per heavy atom. The number of amides is 1. The number of carbonyl (C=O) groups is 1. The van der Waals surface area contributed by atoms with Crippen LogP contribution in [0.5, 0.6) is 0 Å². The van der Waals surface area contributed by atoms with E-state index in [9.17, 15) is 4.79 Å². The molecule has 2 aromatic carbocycles. The van der Waals surface area contributed by atoms with Crippen LogP contribution in [0.4, 0.5) is 11.4 Å². The van der Waals surface area contributed by atoms with Crippen molar-refractivity contribution in [3.8, 4) is 0 Å². The summed E-state index contributed by atoms with van der Waals surface area (Å²) in [7, 11) is 1.80. The molecule has 0 aliphatic carbocycles. The van der Waals surface area contributed by atoms with E-state index in [2.05, 4.69) is 5.32 Å². The van der Waals surface area contributed by atoms with Crippen LogP contribution in [0.15, 0.2) is 48.5 Å². The van der Waals surface area contributed by atoms with Gasteiger partial charge in [0.1, 0.15) is 0 Å². The third kappa shape index (κ3) is 2.99. The van der Waals surface area contributed by atoms with Crippen LogP contribution >= 0.6 is 0 Å². The van der Waals surface area contributed by atoms with Crippen molar-refractivity contribution in [2.75, 3.05) is 23.8 Å². The molecule has 0 saturated heterocycles. The van der Waals surface area contributed by atoms with Gasteiger partial charge in [-0.2, -0.15) is 0 Å². The van der Waals surface area contributed by atoms with Gasteiger partial charge >= 0.3 is 0 Å². The zero-order chi connectivity index (χ0) is 14.5. The number of para-hydroxylation sites is 1. The number of benzene rings is 2. The maximum atomic E-state index is 12.6. The fourth-order valence-corrected chi connectivity index (χ4v) is 2.13. The number of nitrogens with one attached hydrogen (secondary N) is 1. The number of hydrogen-bond donors (Lipinski definition) is 1. The molecule has 0 aliphatic rings. The highest BCUT2D eigenvalue weighted by Gasteiger charge is 2.16. The lowest BCUT2D eigenvalue weighted by Gasteiger charge is -2.19. The monoisotopic (exact) mass is 268 g/mol. The highest BCUT2D eigenvalue weighted by molar-refractivity contribution is 6.09. The smallest absolute Gasteiger partial charge is 0.260 e. The van der Waals surface area contributed by atoms with Crippen molar-refractivity contribution in [1.29, 1.82) is 0 Å². The number of nitrogens with zero attached hydrogens (tertiary/aromatic N) is 1. The average Bonchev–Trinajstić information content (AvgIpc) is 2.47. The Labute approximate surface area is 120 Å². The highest BCUT2D eigenvalue weighted by atomic mass is 16.2. The van der Waals surface area contributed by atoms with Crippen molar-refractivity contribution >= 4 is 17.3 Å². The van der Waals surface area contributed by atoms with Gasteiger partial charge < -0.3 is 10.2 Å². The molecule has 0 radical (unpaired) electrons. The first kappa shape index (κ1) is 14.1. The number of anilines is 2. The van der Waals surface area contributed by atoms with Gasteiger partial charge in [-0.3, -0.25) is 4.79 Å². The minimum Gasteiger partial charge on any atom is -0.385 e. The van der Waals surface area contributed by atoms with Crippen molar-refractivity contribution in [3.05, 3.63) is 59.7 Å². The lowest BCUT2D eigenvalue weighted by atomic mass is 10.1. The van der Waals surface area contributed by atoms with E-state index < -0.39 is 0 Å². The third-order valence-corrected chi connectivity index (χ3v) is 3.22. The number of hydrogen-bond acceptors (Lipinski definition) is 2. The fourth-order valence-electron chi connectivity index (χ4n) is 2.13. The Morgan fingerprint density at radius 3 is 2.50 bits per heavy atom. The van der Waals surface area contributed by atoms with E-state index >= 15 is 0 Å². The van der Waals surface area contributed by atoms with Crippen molar-refractivity contribution in [2.24, 2.45) is 0 Å². The molecule has 104 valence electrons. The average molecular weight is 268 g/mol. The summed E-state index contributed by atoms with van der Waals surface area (Å²) >= 11 is 0. The minimum absolute atomic E-state index is 0.00727. The highest BCUT2D eigenvalue weighted by Crippen LogP contribution is 2.22. The summed E-state index contributed by atoms with van der Waals surface area (Å²) in [6, 6.07) is 15.5. The molecule has 3 nitrogen and oxygen atoms in total. The van der Waals surface area contributed by atoms with Crippen molar-refractivity contribution < 1.29 is 4.79 Å². The van der Waals surface area contributed by atoms with Gasteiger partial charge in [0.25, 0.3) is 5.91 Å². The molecule has 0 bridgehead atoms. The number of rotatable bonds is 4. The molecule has 3 heteroatoms. The van der Waals surface area contributed by atoms with Gasteiger partial charge in [0, 0.05) is 25.0 Å². The first-order chi connectivity index (χ1) is 9.63. The van der Waals surface area contributed by atoms with Gasteiger partial charge in [-0.15, -0.1) is 0 Å². The third-order valence-electron chi connectivity index (χ3n) is 3.22. The molecule has 20 heavy (non-hydrogen) atoms. The lowest BCUT2D eigenvalue weighted by Crippen LogP contribution is -2.27. The first-order valence-corrected chi connectivity index (χ1v) is 6.81. The summed E-state index contributed by atoms with van der Waals surface area (Å²) in [6.45, 7) is 4.84. The molecule has 1 amide bonds. The van der Waals surface area contributed by atoms with Crippen molar-refractivity contribution in [2.45, 2.75) is 13.8 Å². The Kier molecular flexibility index (Phi) is 4.41. The summed E-state index contributed by atoms with van der Waals surface area (Å²) in [5, 5.41) is 3.26. The van der Waals surface area contributed by atoms with Crippen molar-refractivity contribution in [1.82, 2.24) is 0 Å². The number of carbonyl (C=O) groups excluding carboxylic acids is 1. The molecule has 0 atom stereocenters. The van der Waals surface area contributed by atoms with Crippen LogP contribution in [0, 0.1) is 6.92 Å². The molecule has 2 rings (SSSR count). The van der Waals surface area contributed by atoms with E-state index in [4.69, 9.17) is 0 Å². The maximum absolute atomic E-state index is 12.6. The van der Waals surface area contributed by atoms with Gasteiger partial charge in [-0.1, -0.05) is 24.3 Å². The Balaban J connectivity index is 2.33. The second kappa shape index (κ2) is 6.24. The Morgan fingerprint density at radius 1 is 1.15 bits per heavy atom.